The van der Waals surface area contributed by atoms with Gasteiger partial charge < -0.3 is 20.1 Å². The summed E-state index contributed by atoms with van der Waals surface area (Å²) in [6, 6.07) is 12.5. The summed E-state index contributed by atoms with van der Waals surface area (Å²) in [5.74, 6) is 0.881. The lowest BCUT2D eigenvalue weighted by atomic mass is 9.93. The molecule has 2 aromatic rings. The third-order valence-corrected chi connectivity index (χ3v) is 5.87. The topological polar surface area (TPSA) is 81.9 Å². The minimum atomic E-state index is -0.738. The Kier molecular flexibility index (Phi) is 7.73. The van der Waals surface area contributed by atoms with Crippen molar-refractivity contribution >= 4 is 33.7 Å². The number of halogens is 1. The van der Waals surface area contributed by atoms with Crippen LogP contribution in [0.4, 0.5) is 10.5 Å². The Hall–Kier alpha value is -2.38. The highest BCUT2D eigenvalue weighted by Crippen LogP contribution is 2.30. The Morgan fingerprint density at radius 1 is 1.23 bits per heavy atom. The van der Waals surface area contributed by atoms with Gasteiger partial charge in [0, 0.05) is 16.7 Å². The normalized spacial score (nSPS) is 16.6. The molecule has 2 aromatic carbocycles. The van der Waals surface area contributed by atoms with E-state index < -0.39 is 12.2 Å². The van der Waals surface area contributed by atoms with E-state index in [4.69, 9.17) is 15.2 Å². The van der Waals surface area contributed by atoms with E-state index in [9.17, 15) is 9.59 Å². The number of rotatable bonds is 6. The van der Waals surface area contributed by atoms with Gasteiger partial charge in [0.2, 0.25) is 5.91 Å². The van der Waals surface area contributed by atoms with Crippen LogP contribution in [0.5, 0.6) is 5.75 Å². The molecule has 0 spiro atoms. The highest BCUT2D eigenvalue weighted by molar-refractivity contribution is 9.10. The number of nitrogens with two attached hydrogens (primary N) is 1. The van der Waals surface area contributed by atoms with Crippen molar-refractivity contribution in [2.45, 2.75) is 39.7 Å². The molecular formula is C24H29BrN2O4. The van der Waals surface area contributed by atoms with Crippen LogP contribution < -0.4 is 15.4 Å². The van der Waals surface area contributed by atoms with E-state index in [-0.39, 0.29) is 11.8 Å². The number of carbonyl (C=O) groups is 2. The average Bonchev–Trinajstić information content (AvgIpc) is 2.73. The fraction of sp³-hybridized carbons (Fsp3) is 0.417. The average molecular weight is 489 g/mol. The summed E-state index contributed by atoms with van der Waals surface area (Å²) in [7, 11) is 0. The monoisotopic (exact) mass is 488 g/mol. The number of hydrogen-bond acceptors (Lipinski definition) is 5. The Labute approximate surface area is 191 Å². The zero-order valence-electron chi connectivity index (χ0n) is 18.1. The van der Waals surface area contributed by atoms with Crippen LogP contribution in [0.2, 0.25) is 0 Å². The lowest BCUT2D eigenvalue weighted by Gasteiger charge is -2.34. The van der Waals surface area contributed by atoms with Crippen molar-refractivity contribution in [1.82, 2.24) is 0 Å². The highest BCUT2D eigenvalue weighted by Gasteiger charge is 2.29. The molecule has 1 amide bonds. The predicted octanol–water partition coefficient (Wildman–Crippen LogP) is 4.72. The zero-order chi connectivity index (χ0) is 22.5. The van der Waals surface area contributed by atoms with Crippen molar-refractivity contribution in [2.24, 2.45) is 17.6 Å². The third-order valence-electron chi connectivity index (χ3n) is 5.13. The molecule has 2 N–H and O–H groups in total. The Morgan fingerprint density at radius 3 is 2.68 bits per heavy atom. The van der Waals surface area contributed by atoms with Crippen LogP contribution in [0.15, 0.2) is 46.9 Å². The van der Waals surface area contributed by atoms with Crippen LogP contribution in [-0.2, 0) is 22.4 Å². The molecular weight excluding hydrogens is 460 g/mol. The molecule has 31 heavy (non-hydrogen) atoms. The lowest BCUT2D eigenvalue weighted by Crippen LogP contribution is -2.48. The summed E-state index contributed by atoms with van der Waals surface area (Å²) >= 11 is 3.50. The van der Waals surface area contributed by atoms with E-state index in [0.717, 1.165) is 22.1 Å². The maximum Gasteiger partial charge on any atom is 0.513 e. The number of carbonyl (C=O) groups excluding carboxylic acids is 2. The van der Waals surface area contributed by atoms with Crippen molar-refractivity contribution in [1.29, 1.82) is 0 Å². The van der Waals surface area contributed by atoms with Gasteiger partial charge in [-0.2, -0.15) is 0 Å². The first-order valence-electron chi connectivity index (χ1n) is 10.5. The van der Waals surface area contributed by atoms with Gasteiger partial charge in [-0.3, -0.25) is 4.79 Å². The number of amides is 1. The molecule has 6 nitrogen and oxygen atoms in total. The van der Waals surface area contributed by atoms with Crippen LogP contribution in [0.25, 0.3) is 0 Å². The molecule has 0 aliphatic carbocycles. The number of nitrogens with zero attached hydrogens (tertiary/aromatic N) is 1. The molecule has 0 fully saturated rings. The van der Waals surface area contributed by atoms with Crippen molar-refractivity contribution in [3.05, 3.63) is 58.1 Å². The van der Waals surface area contributed by atoms with E-state index >= 15 is 0 Å². The molecule has 0 aromatic heterocycles. The van der Waals surface area contributed by atoms with Crippen LogP contribution in [0, 0.1) is 11.8 Å². The van der Waals surface area contributed by atoms with E-state index in [1.807, 2.05) is 36.9 Å². The van der Waals surface area contributed by atoms with Crippen molar-refractivity contribution in [2.75, 3.05) is 18.1 Å². The SMILES string of the molecule is CC(C)COC(=O)Oc1ccc(CC(N)C(=O)N2CC(C)Cc3ccccc32)c(Br)c1. The number of hydrogen-bond donors (Lipinski definition) is 1. The molecule has 1 aliphatic rings. The molecule has 3 rings (SSSR count). The van der Waals surface area contributed by atoms with Gasteiger partial charge in [-0.05, 0) is 54.0 Å². The zero-order valence-corrected chi connectivity index (χ0v) is 19.7. The van der Waals surface area contributed by atoms with Crippen molar-refractivity contribution in [3.8, 4) is 5.75 Å². The summed E-state index contributed by atoms with van der Waals surface area (Å²) in [6.07, 6.45) is 0.588. The minimum absolute atomic E-state index is 0.0940. The first-order chi connectivity index (χ1) is 14.7. The van der Waals surface area contributed by atoms with E-state index in [1.54, 1.807) is 18.2 Å². The van der Waals surface area contributed by atoms with Gasteiger partial charge in [0.05, 0.1) is 12.6 Å². The highest BCUT2D eigenvalue weighted by atomic mass is 79.9. The van der Waals surface area contributed by atoms with E-state index in [2.05, 4.69) is 28.9 Å². The molecule has 0 radical (unpaired) electrons. The molecule has 2 atom stereocenters. The molecule has 7 heteroatoms. The summed E-state index contributed by atoms with van der Waals surface area (Å²) < 4.78 is 11.0. The van der Waals surface area contributed by atoms with Crippen molar-refractivity contribution in [3.63, 3.8) is 0 Å². The van der Waals surface area contributed by atoms with Gasteiger partial charge in [0.25, 0.3) is 0 Å². The van der Waals surface area contributed by atoms with Gasteiger partial charge in [-0.1, -0.05) is 61.0 Å². The largest absolute Gasteiger partial charge is 0.513 e. The van der Waals surface area contributed by atoms with Crippen LogP contribution in [0.3, 0.4) is 0 Å². The first-order valence-corrected chi connectivity index (χ1v) is 11.3. The Balaban J connectivity index is 1.66. The second-order valence-corrected chi connectivity index (χ2v) is 9.36. The molecule has 0 bridgehead atoms. The number of para-hydroxylation sites is 1. The fourth-order valence-electron chi connectivity index (χ4n) is 3.65. The summed E-state index contributed by atoms with van der Waals surface area (Å²) in [5.41, 5.74) is 9.31. The molecule has 1 heterocycles. The van der Waals surface area contributed by atoms with Gasteiger partial charge in [-0.15, -0.1) is 0 Å². The van der Waals surface area contributed by atoms with Gasteiger partial charge in [0.15, 0.2) is 0 Å². The van der Waals surface area contributed by atoms with Gasteiger partial charge in [0.1, 0.15) is 5.75 Å². The maximum atomic E-state index is 13.2. The van der Waals surface area contributed by atoms with Gasteiger partial charge >= 0.3 is 6.16 Å². The number of fused-ring (bicyclic) bond motifs is 1. The van der Waals surface area contributed by atoms with Crippen LogP contribution >= 0.6 is 15.9 Å². The fourth-order valence-corrected chi connectivity index (χ4v) is 4.17. The van der Waals surface area contributed by atoms with E-state index in [1.165, 1.54) is 5.56 Å². The summed E-state index contributed by atoms with van der Waals surface area (Å²) in [6.45, 7) is 7.01. The summed E-state index contributed by atoms with van der Waals surface area (Å²) in [5, 5.41) is 0. The second-order valence-electron chi connectivity index (χ2n) is 8.51. The van der Waals surface area contributed by atoms with E-state index in [0.29, 0.717) is 31.2 Å². The third kappa shape index (κ3) is 6.08. The van der Waals surface area contributed by atoms with Gasteiger partial charge in [-0.25, -0.2) is 4.79 Å². The summed E-state index contributed by atoms with van der Waals surface area (Å²) in [4.78, 5) is 26.7. The number of benzene rings is 2. The second kappa shape index (κ2) is 10.3. The minimum Gasteiger partial charge on any atom is -0.434 e. The van der Waals surface area contributed by atoms with Crippen molar-refractivity contribution < 1.29 is 19.1 Å². The molecule has 2 unspecified atom stereocenters. The standard InChI is InChI=1S/C24H29BrN2O4/c1-15(2)14-30-24(29)31-19-9-8-17(20(25)12-19)11-21(26)23(28)27-13-16(3)10-18-6-4-5-7-22(18)27/h4-9,12,15-16,21H,10-11,13-14,26H2,1-3H3. The smallest absolute Gasteiger partial charge is 0.434 e. The van der Waals surface area contributed by atoms with Crippen LogP contribution in [-0.4, -0.2) is 31.3 Å². The molecule has 0 saturated carbocycles. The lowest BCUT2D eigenvalue weighted by molar-refractivity contribution is -0.120. The quantitative estimate of drug-likeness (QED) is 0.469. The Bertz CT molecular complexity index is 947. The van der Waals surface area contributed by atoms with Crippen LogP contribution in [0.1, 0.15) is 31.9 Å². The number of ether oxygens (including phenoxy) is 2. The molecule has 166 valence electrons. The Morgan fingerprint density at radius 2 is 1.97 bits per heavy atom. The predicted molar refractivity (Wildman–Crippen MR) is 124 cm³/mol. The molecule has 0 saturated heterocycles. The first kappa shape index (κ1) is 23.3. The maximum absolute atomic E-state index is 13.2. The number of anilines is 1. The molecule has 1 aliphatic heterocycles.